The maximum Gasteiger partial charge on any atom is 0.305 e. The van der Waals surface area contributed by atoms with Crippen molar-refractivity contribution in [3.05, 3.63) is 50.2 Å². The molecule has 0 saturated carbocycles. The van der Waals surface area contributed by atoms with Crippen molar-refractivity contribution in [3.63, 3.8) is 0 Å². The van der Waals surface area contributed by atoms with Crippen molar-refractivity contribution in [2.24, 2.45) is 0 Å². The van der Waals surface area contributed by atoms with E-state index in [0.717, 1.165) is 5.56 Å². The van der Waals surface area contributed by atoms with E-state index in [1.165, 1.54) is 0 Å². The lowest BCUT2D eigenvalue weighted by molar-refractivity contribution is 0.582. The molecule has 2 aromatic rings. The summed E-state index contributed by atoms with van der Waals surface area (Å²) in [4.78, 5) is 13.2. The van der Waals surface area contributed by atoms with Crippen molar-refractivity contribution in [1.29, 1.82) is 0 Å². The minimum Gasteiger partial charge on any atom is -0.315 e. The maximum atomic E-state index is 12.0. The number of aromatic nitrogens is 1. The molecule has 1 aromatic carbocycles. The second-order valence-electron chi connectivity index (χ2n) is 3.88. The van der Waals surface area contributed by atoms with Gasteiger partial charge < -0.3 is 4.98 Å². The Labute approximate surface area is 119 Å². The third-order valence-electron chi connectivity index (χ3n) is 2.40. The highest BCUT2D eigenvalue weighted by molar-refractivity contribution is 7.91. The number of H-pyrrole nitrogens is 1. The Hall–Kier alpha value is -1.15. The molecule has 0 spiro atoms. The standard InChI is InChI=1S/C11H11ClN2O3S2/c1-7-10(18-11(15)14-7)19(16,17)13-6-8-2-4-9(12)5-3-8/h2-5,13H,6H2,1H3,(H,14,15). The van der Waals surface area contributed by atoms with Gasteiger partial charge in [0.2, 0.25) is 0 Å². The van der Waals surface area contributed by atoms with E-state index in [-0.39, 0.29) is 15.6 Å². The fraction of sp³-hybridized carbons (Fsp3) is 0.182. The molecule has 0 bridgehead atoms. The van der Waals surface area contributed by atoms with Gasteiger partial charge >= 0.3 is 4.87 Å². The number of aryl methyl sites for hydroxylation is 1. The predicted molar refractivity (Wildman–Crippen MR) is 75.2 cm³/mol. The van der Waals surface area contributed by atoms with Gasteiger partial charge in [-0.2, -0.15) is 0 Å². The van der Waals surface area contributed by atoms with Crippen molar-refractivity contribution in [2.75, 3.05) is 0 Å². The number of benzene rings is 1. The average Bonchev–Trinajstić information content (AvgIpc) is 2.69. The Morgan fingerprint density at radius 3 is 2.47 bits per heavy atom. The summed E-state index contributed by atoms with van der Waals surface area (Å²) in [5, 5.41) is 0.589. The molecular weight excluding hydrogens is 308 g/mol. The Morgan fingerprint density at radius 1 is 1.32 bits per heavy atom. The number of halogens is 1. The van der Waals surface area contributed by atoms with Gasteiger partial charge in [-0.1, -0.05) is 35.1 Å². The molecule has 0 saturated heterocycles. The van der Waals surface area contributed by atoms with Crippen molar-refractivity contribution in [3.8, 4) is 0 Å². The highest BCUT2D eigenvalue weighted by Gasteiger charge is 2.19. The van der Waals surface area contributed by atoms with Crippen LogP contribution < -0.4 is 9.60 Å². The smallest absolute Gasteiger partial charge is 0.305 e. The van der Waals surface area contributed by atoms with Gasteiger partial charge in [0, 0.05) is 17.3 Å². The monoisotopic (exact) mass is 318 g/mol. The summed E-state index contributed by atoms with van der Waals surface area (Å²) in [6, 6.07) is 6.84. The van der Waals surface area contributed by atoms with Crippen LogP contribution in [0.15, 0.2) is 33.3 Å². The summed E-state index contributed by atoms with van der Waals surface area (Å²) in [7, 11) is -3.67. The minimum atomic E-state index is -3.67. The molecule has 0 aliphatic heterocycles. The zero-order chi connectivity index (χ0) is 14.0. The number of sulfonamides is 1. The fourth-order valence-corrected chi connectivity index (χ4v) is 3.98. The normalized spacial score (nSPS) is 11.7. The SMILES string of the molecule is Cc1[nH]c(=O)sc1S(=O)(=O)NCc1ccc(Cl)cc1. The molecule has 0 fully saturated rings. The lowest BCUT2D eigenvalue weighted by Gasteiger charge is -2.05. The molecule has 0 atom stereocenters. The molecule has 5 nitrogen and oxygen atoms in total. The summed E-state index contributed by atoms with van der Waals surface area (Å²) >= 11 is 6.42. The first-order chi connectivity index (χ1) is 8.88. The van der Waals surface area contributed by atoms with Crippen LogP contribution in [-0.4, -0.2) is 13.4 Å². The Bertz CT molecular complexity index is 732. The zero-order valence-electron chi connectivity index (χ0n) is 9.94. The van der Waals surface area contributed by atoms with Crippen molar-refractivity contribution in [2.45, 2.75) is 17.7 Å². The largest absolute Gasteiger partial charge is 0.315 e. The van der Waals surface area contributed by atoms with Crippen molar-refractivity contribution >= 4 is 33.0 Å². The third-order valence-corrected chi connectivity index (χ3v) is 5.66. The van der Waals surface area contributed by atoms with Gasteiger partial charge in [0.05, 0.1) is 0 Å². The van der Waals surface area contributed by atoms with Gasteiger partial charge in [-0.3, -0.25) is 4.79 Å². The van der Waals surface area contributed by atoms with Crippen LogP contribution in [0.3, 0.4) is 0 Å². The van der Waals surface area contributed by atoms with Gasteiger partial charge in [0.15, 0.2) is 4.21 Å². The van der Waals surface area contributed by atoms with E-state index in [1.807, 2.05) is 0 Å². The first-order valence-electron chi connectivity index (χ1n) is 5.32. The zero-order valence-corrected chi connectivity index (χ0v) is 12.3. The number of thiazole rings is 1. The van der Waals surface area contributed by atoms with E-state index in [1.54, 1.807) is 31.2 Å². The number of hydrogen-bond acceptors (Lipinski definition) is 4. The van der Waals surface area contributed by atoms with E-state index >= 15 is 0 Å². The van der Waals surface area contributed by atoms with Crippen LogP contribution in [0, 0.1) is 6.92 Å². The molecule has 2 N–H and O–H groups in total. The molecule has 0 unspecified atom stereocenters. The average molecular weight is 319 g/mol. The van der Waals surface area contributed by atoms with E-state index < -0.39 is 10.0 Å². The third kappa shape index (κ3) is 3.44. The highest BCUT2D eigenvalue weighted by atomic mass is 35.5. The molecular formula is C11H11ClN2O3S2. The second-order valence-corrected chi connectivity index (χ2v) is 7.26. The van der Waals surface area contributed by atoms with Crippen molar-refractivity contribution in [1.82, 2.24) is 9.71 Å². The summed E-state index contributed by atoms with van der Waals surface area (Å²) in [5.41, 5.74) is 1.13. The van der Waals surface area contributed by atoms with Crippen molar-refractivity contribution < 1.29 is 8.42 Å². The second kappa shape index (κ2) is 5.46. The molecule has 2 rings (SSSR count). The number of rotatable bonds is 4. The Balaban J connectivity index is 2.16. The first-order valence-corrected chi connectivity index (χ1v) is 8.00. The molecule has 19 heavy (non-hydrogen) atoms. The van der Waals surface area contributed by atoms with Crippen LogP contribution in [0.4, 0.5) is 0 Å². The lowest BCUT2D eigenvalue weighted by atomic mass is 10.2. The number of hydrogen-bond donors (Lipinski definition) is 2. The lowest BCUT2D eigenvalue weighted by Crippen LogP contribution is -2.23. The summed E-state index contributed by atoms with van der Waals surface area (Å²) < 4.78 is 26.5. The predicted octanol–water partition coefficient (Wildman–Crippen LogP) is 1.88. The van der Waals surface area contributed by atoms with E-state index in [4.69, 9.17) is 11.6 Å². The molecule has 0 amide bonds. The molecule has 1 heterocycles. The summed E-state index contributed by atoms with van der Waals surface area (Å²) in [6.45, 7) is 1.69. The van der Waals surface area contributed by atoms with Gasteiger partial charge in [-0.15, -0.1) is 0 Å². The summed E-state index contributed by atoms with van der Waals surface area (Å²) in [5.74, 6) is 0. The van der Waals surface area contributed by atoms with Gasteiger partial charge in [0.25, 0.3) is 10.0 Å². The van der Waals surface area contributed by atoms with Gasteiger partial charge in [-0.25, -0.2) is 13.1 Å². The number of aromatic amines is 1. The fourth-order valence-electron chi connectivity index (χ4n) is 1.49. The van der Waals surface area contributed by atoms with Crippen LogP contribution in [0.25, 0.3) is 0 Å². The Morgan fingerprint density at radius 2 is 1.95 bits per heavy atom. The van der Waals surface area contributed by atoms with Gasteiger partial charge in [0.1, 0.15) is 0 Å². The molecule has 102 valence electrons. The quantitative estimate of drug-likeness (QED) is 0.903. The topological polar surface area (TPSA) is 79.0 Å². The molecule has 0 aliphatic rings. The molecule has 0 aliphatic carbocycles. The van der Waals surface area contributed by atoms with Crippen LogP contribution in [0.2, 0.25) is 5.02 Å². The highest BCUT2D eigenvalue weighted by Crippen LogP contribution is 2.16. The van der Waals surface area contributed by atoms with Crippen LogP contribution in [0.1, 0.15) is 11.3 Å². The summed E-state index contributed by atoms with van der Waals surface area (Å²) in [6.07, 6.45) is 0. The maximum absolute atomic E-state index is 12.0. The van der Waals surface area contributed by atoms with E-state index in [9.17, 15) is 13.2 Å². The molecule has 0 radical (unpaired) electrons. The van der Waals surface area contributed by atoms with Crippen LogP contribution >= 0.6 is 22.9 Å². The minimum absolute atomic E-state index is 0.0199. The first kappa shape index (κ1) is 14.3. The Kier molecular flexibility index (Phi) is 4.10. The number of nitrogens with one attached hydrogen (secondary N) is 2. The van der Waals surface area contributed by atoms with E-state index in [0.29, 0.717) is 22.1 Å². The van der Waals surface area contributed by atoms with Crippen LogP contribution in [0.5, 0.6) is 0 Å². The van der Waals surface area contributed by atoms with Gasteiger partial charge in [-0.05, 0) is 24.6 Å². The van der Waals surface area contributed by atoms with E-state index in [2.05, 4.69) is 9.71 Å². The molecule has 1 aromatic heterocycles. The van der Waals surface area contributed by atoms with Crippen LogP contribution in [-0.2, 0) is 16.6 Å². The molecule has 8 heteroatoms.